The van der Waals surface area contributed by atoms with Crippen molar-refractivity contribution in [2.75, 3.05) is 0 Å². The highest BCUT2D eigenvalue weighted by atomic mass is 14.8. The van der Waals surface area contributed by atoms with Crippen molar-refractivity contribution in [1.29, 1.82) is 0 Å². The molecule has 3 fully saturated rings. The summed E-state index contributed by atoms with van der Waals surface area (Å²) in [6.07, 6.45) is 9.21. The topological polar surface area (TPSA) is 4.36 Å². The quantitative estimate of drug-likeness (QED) is 0.406. The summed E-state index contributed by atoms with van der Waals surface area (Å²) >= 11 is 0. The fraction of sp³-hybridized carbons (Fsp3) is 0.857. The van der Waals surface area contributed by atoms with Gasteiger partial charge in [-0.3, -0.25) is 0 Å². The van der Waals surface area contributed by atoms with Crippen molar-refractivity contribution in [2.45, 2.75) is 65.3 Å². The molecule has 0 aromatic carbocycles. The van der Waals surface area contributed by atoms with Gasteiger partial charge >= 0.3 is 0 Å². The van der Waals surface area contributed by atoms with Gasteiger partial charge in [-0.05, 0) is 74.0 Å². The molecule has 1 nitrogen and oxygen atoms in total. The van der Waals surface area contributed by atoms with Crippen LogP contribution in [0.1, 0.15) is 59.8 Å². The minimum Gasteiger partial charge on any atom is -0.310 e. The number of hydrogen-bond donors (Lipinski definition) is 0. The van der Waals surface area contributed by atoms with Crippen LogP contribution in [0.2, 0.25) is 0 Å². The Hall–Kier alpha value is -0.770. The van der Waals surface area contributed by atoms with Crippen LogP contribution in [-0.2, 0) is 0 Å². The van der Waals surface area contributed by atoms with Crippen LogP contribution in [-0.4, -0.2) is 5.54 Å². The molecule has 0 heterocycles. The van der Waals surface area contributed by atoms with E-state index in [1.807, 2.05) is 0 Å². The van der Waals surface area contributed by atoms with Gasteiger partial charge in [-0.25, -0.2) is 6.57 Å². The van der Waals surface area contributed by atoms with Crippen LogP contribution in [0.5, 0.6) is 0 Å². The predicted molar refractivity (Wildman–Crippen MR) is 91.1 cm³/mol. The van der Waals surface area contributed by atoms with Crippen LogP contribution in [0.25, 0.3) is 4.85 Å². The lowest BCUT2D eigenvalue weighted by Gasteiger charge is -2.61. The van der Waals surface area contributed by atoms with Crippen molar-refractivity contribution < 1.29 is 0 Å². The predicted octanol–water partition coefficient (Wildman–Crippen LogP) is 5.58. The Labute approximate surface area is 136 Å². The largest absolute Gasteiger partial charge is 0.310 e. The van der Waals surface area contributed by atoms with E-state index < -0.39 is 0 Å². The molecule has 9 atom stereocenters. The molecular weight excluding hydrogens is 266 g/mol. The number of hydrogen-bond acceptors (Lipinski definition) is 0. The van der Waals surface area contributed by atoms with E-state index in [4.69, 9.17) is 6.57 Å². The Bertz CT molecular complexity index is 541. The lowest BCUT2D eigenvalue weighted by Crippen LogP contribution is -2.58. The van der Waals surface area contributed by atoms with Gasteiger partial charge in [0.05, 0.1) is 0 Å². The molecule has 0 saturated heterocycles. The van der Waals surface area contributed by atoms with Gasteiger partial charge in [-0.1, -0.05) is 25.5 Å². The molecule has 0 bridgehead atoms. The zero-order valence-electron chi connectivity index (χ0n) is 14.7. The van der Waals surface area contributed by atoms with E-state index in [1.54, 1.807) is 5.57 Å². The maximum Gasteiger partial charge on any atom is 0.232 e. The van der Waals surface area contributed by atoms with Gasteiger partial charge in [0.25, 0.3) is 0 Å². The van der Waals surface area contributed by atoms with E-state index in [0.29, 0.717) is 5.92 Å². The average molecular weight is 297 g/mol. The summed E-state index contributed by atoms with van der Waals surface area (Å²) in [5.41, 5.74) is 1.59. The van der Waals surface area contributed by atoms with Crippen LogP contribution in [0.3, 0.4) is 0 Å². The molecule has 4 aliphatic rings. The molecule has 0 aromatic rings. The molecule has 120 valence electrons. The fourth-order valence-corrected chi connectivity index (χ4v) is 7.21. The van der Waals surface area contributed by atoms with Crippen molar-refractivity contribution >= 4 is 0 Å². The SMILES string of the molecule is [C-]#[N+][C@]1(C)CC[C@@H]2[C@@H]3[C@H]4[C@@H](CC[C@H]31)[C@@H](C)C(C)=C[C@H]4C[C@H]2C. The lowest BCUT2D eigenvalue weighted by atomic mass is 9.43. The normalized spacial score (nSPS) is 56.6. The third kappa shape index (κ3) is 1.82. The van der Waals surface area contributed by atoms with E-state index >= 15 is 0 Å². The molecule has 0 unspecified atom stereocenters. The molecule has 0 aliphatic heterocycles. The highest BCUT2D eigenvalue weighted by Crippen LogP contribution is 2.64. The zero-order chi connectivity index (χ0) is 15.6. The summed E-state index contributed by atoms with van der Waals surface area (Å²) in [5.74, 6) is 6.66. The van der Waals surface area contributed by atoms with Gasteiger partial charge in [0.2, 0.25) is 5.54 Å². The molecule has 0 N–H and O–H groups in total. The summed E-state index contributed by atoms with van der Waals surface area (Å²) in [7, 11) is 0. The minimum atomic E-state index is -0.0623. The van der Waals surface area contributed by atoms with Crippen molar-refractivity contribution in [3.05, 3.63) is 23.1 Å². The second-order valence-electron chi connectivity index (χ2n) is 9.25. The Morgan fingerprint density at radius 3 is 2.64 bits per heavy atom. The average Bonchev–Trinajstić information content (AvgIpc) is 2.51. The minimum absolute atomic E-state index is 0.0623. The van der Waals surface area contributed by atoms with Gasteiger partial charge in [0, 0.05) is 19.3 Å². The van der Waals surface area contributed by atoms with Gasteiger partial charge in [0.1, 0.15) is 0 Å². The smallest absolute Gasteiger partial charge is 0.232 e. The number of nitrogens with zero attached hydrogens (tertiary/aromatic N) is 1. The van der Waals surface area contributed by atoms with Gasteiger partial charge < -0.3 is 4.85 Å². The Kier molecular flexibility index (Phi) is 3.27. The molecule has 3 saturated carbocycles. The molecule has 1 heteroatoms. The zero-order valence-corrected chi connectivity index (χ0v) is 14.7. The van der Waals surface area contributed by atoms with E-state index in [2.05, 4.69) is 38.6 Å². The van der Waals surface area contributed by atoms with E-state index in [-0.39, 0.29) is 5.54 Å². The summed E-state index contributed by atoms with van der Waals surface area (Å²) < 4.78 is 0. The van der Waals surface area contributed by atoms with Crippen molar-refractivity contribution in [1.82, 2.24) is 0 Å². The second-order valence-corrected chi connectivity index (χ2v) is 9.25. The van der Waals surface area contributed by atoms with Crippen LogP contribution in [0.4, 0.5) is 0 Å². The van der Waals surface area contributed by atoms with Crippen LogP contribution in [0.15, 0.2) is 11.6 Å². The maximum absolute atomic E-state index is 7.82. The molecule has 22 heavy (non-hydrogen) atoms. The number of rotatable bonds is 0. The summed E-state index contributed by atoms with van der Waals surface area (Å²) in [5, 5.41) is 0. The Morgan fingerprint density at radius 2 is 1.91 bits per heavy atom. The second kappa shape index (κ2) is 4.86. The van der Waals surface area contributed by atoms with Gasteiger partial charge in [-0.2, -0.15) is 0 Å². The first kappa shape index (κ1) is 14.8. The highest BCUT2D eigenvalue weighted by molar-refractivity contribution is 5.21. The van der Waals surface area contributed by atoms with Gasteiger partial charge in [-0.15, -0.1) is 0 Å². The van der Waals surface area contributed by atoms with E-state index in [1.165, 1.54) is 25.7 Å². The summed E-state index contributed by atoms with van der Waals surface area (Å²) in [4.78, 5) is 4.18. The number of allylic oxidation sites excluding steroid dienone is 2. The summed E-state index contributed by atoms with van der Waals surface area (Å²) in [6.45, 7) is 17.4. The Morgan fingerprint density at radius 1 is 1.14 bits per heavy atom. The molecule has 0 amide bonds. The molecule has 4 rings (SSSR count). The van der Waals surface area contributed by atoms with Gasteiger partial charge in [0.15, 0.2) is 0 Å². The molecule has 0 spiro atoms. The molecule has 4 aliphatic carbocycles. The monoisotopic (exact) mass is 297 g/mol. The van der Waals surface area contributed by atoms with E-state index in [9.17, 15) is 0 Å². The first-order valence-electron chi connectivity index (χ1n) is 9.53. The highest BCUT2D eigenvalue weighted by Gasteiger charge is 2.61. The van der Waals surface area contributed by atoms with Crippen molar-refractivity contribution in [3.8, 4) is 0 Å². The first-order valence-corrected chi connectivity index (χ1v) is 9.53. The third-order valence-electron chi connectivity index (χ3n) is 8.45. The molecular formula is C21H31N. The van der Waals surface area contributed by atoms with Crippen molar-refractivity contribution in [3.63, 3.8) is 0 Å². The first-order chi connectivity index (χ1) is 10.5. The van der Waals surface area contributed by atoms with Crippen LogP contribution in [0, 0.1) is 53.9 Å². The van der Waals surface area contributed by atoms with Crippen LogP contribution >= 0.6 is 0 Å². The molecule has 0 radical (unpaired) electrons. The van der Waals surface area contributed by atoms with Crippen molar-refractivity contribution in [2.24, 2.45) is 47.3 Å². The Balaban J connectivity index is 1.78. The molecule has 0 aromatic heterocycles. The fourth-order valence-electron chi connectivity index (χ4n) is 7.21. The summed E-state index contributed by atoms with van der Waals surface area (Å²) in [6, 6.07) is 0. The lowest BCUT2D eigenvalue weighted by molar-refractivity contribution is -0.101. The maximum atomic E-state index is 7.82. The standard InChI is InChI=1S/C21H31N/c1-12-10-15-11-13(2)16-8-9-21(4,22-5)18-7-6-17(14(12)3)19(15)20(16)18/h10,13-20H,6-9,11H2,1-4H3/t13-,14+,15+,16+,17+,18-,19-,20+,21-/m1/s1. The van der Waals surface area contributed by atoms with Crippen LogP contribution < -0.4 is 0 Å². The third-order valence-corrected chi connectivity index (χ3v) is 8.45. The van der Waals surface area contributed by atoms with E-state index in [0.717, 1.165) is 47.8 Å².